The minimum absolute atomic E-state index is 0.745. The lowest BCUT2D eigenvalue weighted by Gasteiger charge is -2.22. The number of rotatable bonds is 6. The molecule has 1 N–H and O–H groups in total. The van der Waals surface area contributed by atoms with Gasteiger partial charge in [-0.2, -0.15) is 0 Å². The number of aryl methyl sites for hydroxylation is 1. The largest absolute Gasteiger partial charge is 0.494 e. The Labute approximate surface area is 111 Å². The minimum Gasteiger partial charge on any atom is -0.494 e. The molecule has 1 saturated heterocycles. The first-order chi connectivity index (χ1) is 8.88. The van der Waals surface area contributed by atoms with Gasteiger partial charge in [-0.3, -0.25) is 0 Å². The summed E-state index contributed by atoms with van der Waals surface area (Å²) in [6.07, 6.45) is 6.64. The topological polar surface area (TPSA) is 21.3 Å². The second-order valence-electron chi connectivity index (χ2n) is 5.16. The molecule has 0 spiro atoms. The van der Waals surface area contributed by atoms with E-state index >= 15 is 0 Å². The summed E-state index contributed by atoms with van der Waals surface area (Å²) in [5.74, 6) is 1.94. The van der Waals surface area contributed by atoms with E-state index < -0.39 is 0 Å². The summed E-state index contributed by atoms with van der Waals surface area (Å²) in [4.78, 5) is 0. The van der Waals surface area contributed by atoms with Gasteiger partial charge in [-0.25, -0.2) is 0 Å². The number of hydrogen-bond donors (Lipinski definition) is 1. The molecule has 2 nitrogen and oxygen atoms in total. The second kappa shape index (κ2) is 7.42. The third kappa shape index (κ3) is 4.34. The Morgan fingerprint density at radius 1 is 1.17 bits per heavy atom. The number of nitrogens with one attached hydrogen (secondary N) is 1. The first-order valence-electron chi connectivity index (χ1n) is 7.31. The molecule has 1 fully saturated rings. The lowest BCUT2D eigenvalue weighted by Crippen LogP contribution is -2.27. The summed E-state index contributed by atoms with van der Waals surface area (Å²) in [6.45, 7) is 5.20. The molecule has 1 aromatic rings. The highest BCUT2D eigenvalue weighted by atomic mass is 16.5. The van der Waals surface area contributed by atoms with Gasteiger partial charge >= 0.3 is 0 Å². The summed E-state index contributed by atoms with van der Waals surface area (Å²) in [6, 6.07) is 8.58. The highest BCUT2D eigenvalue weighted by Crippen LogP contribution is 2.20. The fourth-order valence-corrected chi connectivity index (χ4v) is 2.68. The maximum Gasteiger partial charge on any atom is 0.119 e. The van der Waals surface area contributed by atoms with Crippen LogP contribution in [-0.4, -0.2) is 19.7 Å². The maximum absolute atomic E-state index is 5.45. The van der Waals surface area contributed by atoms with Gasteiger partial charge in [0.15, 0.2) is 0 Å². The molecule has 0 radical (unpaired) electrons. The van der Waals surface area contributed by atoms with E-state index in [1.54, 1.807) is 0 Å². The highest BCUT2D eigenvalue weighted by Gasteiger charge is 2.12. The molecule has 1 aliphatic rings. The second-order valence-corrected chi connectivity index (χ2v) is 5.16. The van der Waals surface area contributed by atoms with Crippen molar-refractivity contribution in [3.8, 4) is 5.75 Å². The number of ether oxygens (including phenoxy) is 1. The summed E-state index contributed by atoms with van der Waals surface area (Å²) < 4.78 is 5.45. The van der Waals surface area contributed by atoms with Crippen molar-refractivity contribution < 1.29 is 4.74 Å². The Morgan fingerprint density at radius 2 is 1.89 bits per heavy atom. The quantitative estimate of drug-likeness (QED) is 0.832. The van der Waals surface area contributed by atoms with Crippen LogP contribution < -0.4 is 10.1 Å². The Bertz CT molecular complexity index is 327. The van der Waals surface area contributed by atoms with E-state index in [9.17, 15) is 0 Å². The predicted molar refractivity (Wildman–Crippen MR) is 76.1 cm³/mol. The van der Waals surface area contributed by atoms with Gasteiger partial charge in [0.2, 0.25) is 0 Å². The van der Waals surface area contributed by atoms with Crippen LogP contribution in [0.2, 0.25) is 0 Å². The van der Waals surface area contributed by atoms with E-state index in [-0.39, 0.29) is 0 Å². The zero-order valence-corrected chi connectivity index (χ0v) is 11.5. The van der Waals surface area contributed by atoms with Crippen LogP contribution >= 0.6 is 0 Å². The lowest BCUT2D eigenvalue weighted by atomic mass is 9.91. The van der Waals surface area contributed by atoms with Crippen LogP contribution in [0.5, 0.6) is 5.75 Å². The minimum atomic E-state index is 0.745. The van der Waals surface area contributed by atoms with E-state index in [0.29, 0.717) is 0 Å². The third-order valence-electron chi connectivity index (χ3n) is 3.77. The van der Waals surface area contributed by atoms with Crippen molar-refractivity contribution in [1.82, 2.24) is 5.32 Å². The Balaban J connectivity index is 1.69. The van der Waals surface area contributed by atoms with Crippen molar-refractivity contribution in [3.05, 3.63) is 29.8 Å². The molecule has 0 atom stereocenters. The molecule has 0 amide bonds. The molecular formula is C16H25NO. The van der Waals surface area contributed by atoms with E-state index in [1.807, 2.05) is 6.92 Å². The molecule has 18 heavy (non-hydrogen) atoms. The monoisotopic (exact) mass is 247 g/mol. The van der Waals surface area contributed by atoms with Gasteiger partial charge in [0.1, 0.15) is 5.75 Å². The van der Waals surface area contributed by atoms with E-state index in [2.05, 4.69) is 29.6 Å². The van der Waals surface area contributed by atoms with Crippen LogP contribution in [0.4, 0.5) is 0 Å². The fraction of sp³-hybridized carbons (Fsp3) is 0.625. The van der Waals surface area contributed by atoms with Crippen molar-refractivity contribution in [2.45, 2.75) is 39.0 Å². The molecular weight excluding hydrogens is 222 g/mol. The molecule has 2 heteroatoms. The molecule has 2 rings (SSSR count). The van der Waals surface area contributed by atoms with E-state index in [0.717, 1.165) is 18.3 Å². The van der Waals surface area contributed by atoms with Gasteiger partial charge in [-0.05, 0) is 69.3 Å². The zero-order chi connectivity index (χ0) is 12.6. The SMILES string of the molecule is CCOc1ccc(CCCC2CCNCC2)cc1. The van der Waals surface area contributed by atoms with Crippen molar-refractivity contribution in [2.75, 3.05) is 19.7 Å². The van der Waals surface area contributed by atoms with E-state index in [1.165, 1.54) is 50.8 Å². The van der Waals surface area contributed by atoms with Gasteiger partial charge in [0.05, 0.1) is 6.61 Å². The van der Waals surface area contributed by atoms with Gasteiger partial charge in [-0.1, -0.05) is 18.6 Å². The van der Waals surface area contributed by atoms with Crippen molar-refractivity contribution in [1.29, 1.82) is 0 Å². The summed E-state index contributed by atoms with van der Waals surface area (Å²) in [5, 5.41) is 3.43. The van der Waals surface area contributed by atoms with Crippen LogP contribution in [0.25, 0.3) is 0 Å². The molecule has 0 saturated carbocycles. The van der Waals surface area contributed by atoms with E-state index in [4.69, 9.17) is 4.74 Å². The summed E-state index contributed by atoms with van der Waals surface area (Å²) in [5.41, 5.74) is 1.44. The number of benzene rings is 1. The fourth-order valence-electron chi connectivity index (χ4n) is 2.68. The molecule has 100 valence electrons. The highest BCUT2D eigenvalue weighted by molar-refractivity contribution is 5.27. The molecule has 1 aromatic carbocycles. The number of piperidine rings is 1. The Kier molecular flexibility index (Phi) is 5.53. The van der Waals surface area contributed by atoms with Crippen LogP contribution in [0, 0.1) is 5.92 Å². The Morgan fingerprint density at radius 3 is 2.56 bits per heavy atom. The van der Waals surface area contributed by atoms with Crippen molar-refractivity contribution >= 4 is 0 Å². The van der Waals surface area contributed by atoms with Gasteiger partial charge in [0.25, 0.3) is 0 Å². The normalized spacial score (nSPS) is 16.7. The summed E-state index contributed by atoms with van der Waals surface area (Å²) >= 11 is 0. The predicted octanol–water partition coefficient (Wildman–Crippen LogP) is 3.41. The van der Waals surface area contributed by atoms with Gasteiger partial charge in [0, 0.05) is 0 Å². The average molecular weight is 247 g/mol. The average Bonchev–Trinajstić information content (AvgIpc) is 2.42. The Hall–Kier alpha value is -1.02. The summed E-state index contributed by atoms with van der Waals surface area (Å²) in [7, 11) is 0. The molecule has 0 unspecified atom stereocenters. The first-order valence-corrected chi connectivity index (χ1v) is 7.31. The van der Waals surface area contributed by atoms with Crippen LogP contribution in [0.1, 0.15) is 38.2 Å². The maximum atomic E-state index is 5.45. The molecule has 0 aliphatic carbocycles. The van der Waals surface area contributed by atoms with Crippen LogP contribution in [0.15, 0.2) is 24.3 Å². The third-order valence-corrected chi connectivity index (χ3v) is 3.77. The standard InChI is InChI=1S/C16H25NO/c1-2-18-16-8-6-14(7-9-16)4-3-5-15-10-12-17-13-11-15/h6-9,15,17H,2-5,10-13H2,1H3. The van der Waals surface area contributed by atoms with Crippen LogP contribution in [-0.2, 0) is 6.42 Å². The molecule has 1 aliphatic heterocycles. The molecule has 1 heterocycles. The molecule has 0 aromatic heterocycles. The number of hydrogen-bond acceptors (Lipinski definition) is 2. The van der Waals surface area contributed by atoms with Crippen LogP contribution in [0.3, 0.4) is 0 Å². The zero-order valence-electron chi connectivity index (χ0n) is 11.5. The van der Waals surface area contributed by atoms with Crippen molar-refractivity contribution in [3.63, 3.8) is 0 Å². The smallest absolute Gasteiger partial charge is 0.119 e. The lowest BCUT2D eigenvalue weighted by molar-refractivity contribution is 0.340. The molecule has 0 bridgehead atoms. The van der Waals surface area contributed by atoms with Gasteiger partial charge in [-0.15, -0.1) is 0 Å². The van der Waals surface area contributed by atoms with Crippen molar-refractivity contribution in [2.24, 2.45) is 5.92 Å². The van der Waals surface area contributed by atoms with Gasteiger partial charge < -0.3 is 10.1 Å². The first kappa shape index (κ1) is 13.4.